The molecule has 3 nitrogen and oxygen atoms in total. The fraction of sp³-hybridized carbons (Fsp3) is 0.583. The van der Waals surface area contributed by atoms with E-state index in [1.165, 1.54) is 17.7 Å². The van der Waals surface area contributed by atoms with Gasteiger partial charge in [0.15, 0.2) is 0 Å². The summed E-state index contributed by atoms with van der Waals surface area (Å²) in [6.45, 7) is 0. The van der Waals surface area contributed by atoms with Gasteiger partial charge >= 0.3 is 5.97 Å². The highest BCUT2D eigenvalue weighted by molar-refractivity contribution is 5.72. The van der Waals surface area contributed by atoms with Crippen molar-refractivity contribution in [3.63, 3.8) is 0 Å². The third-order valence-corrected chi connectivity index (χ3v) is 6.41. The van der Waals surface area contributed by atoms with E-state index in [1.807, 2.05) is 24.3 Å². The molecule has 0 radical (unpaired) electrons. The molecule has 4 heteroatoms. The molecule has 150 valence electrons. The molecule has 0 N–H and O–H groups in total. The molecule has 0 aromatic heterocycles. The predicted molar refractivity (Wildman–Crippen MR) is 107 cm³/mol. The molecule has 2 fully saturated rings. The Labute approximate surface area is 167 Å². The zero-order chi connectivity index (χ0) is 19.8. The maximum Gasteiger partial charge on any atom is 0.309 e. The van der Waals surface area contributed by atoms with Crippen LogP contribution in [0.4, 0.5) is 4.39 Å². The topological polar surface area (TPSA) is 50.1 Å². The maximum atomic E-state index is 13.1. The molecule has 2 saturated carbocycles. The molecule has 0 aliphatic heterocycles. The van der Waals surface area contributed by atoms with Crippen LogP contribution in [0.15, 0.2) is 36.4 Å². The summed E-state index contributed by atoms with van der Waals surface area (Å²) in [5.41, 5.74) is 1.18. The summed E-state index contributed by atoms with van der Waals surface area (Å²) in [6.07, 6.45) is 13.4. The minimum atomic E-state index is -0.200. The van der Waals surface area contributed by atoms with Gasteiger partial charge in [0, 0.05) is 6.08 Å². The fourth-order valence-electron chi connectivity index (χ4n) is 4.66. The molecule has 28 heavy (non-hydrogen) atoms. The van der Waals surface area contributed by atoms with Crippen molar-refractivity contribution in [1.82, 2.24) is 0 Å². The lowest BCUT2D eigenvalue weighted by Gasteiger charge is -2.31. The Balaban J connectivity index is 1.36. The summed E-state index contributed by atoms with van der Waals surface area (Å²) in [4.78, 5) is 12.6. The lowest BCUT2D eigenvalue weighted by Crippen LogP contribution is -2.29. The van der Waals surface area contributed by atoms with E-state index in [1.54, 1.807) is 6.08 Å². The van der Waals surface area contributed by atoms with Crippen molar-refractivity contribution in [3.05, 3.63) is 47.8 Å². The van der Waals surface area contributed by atoms with Gasteiger partial charge in [-0.25, -0.2) is 4.39 Å². The minimum absolute atomic E-state index is 0.0158. The van der Waals surface area contributed by atoms with Crippen molar-refractivity contribution in [2.24, 2.45) is 11.8 Å². The number of esters is 1. The van der Waals surface area contributed by atoms with E-state index in [-0.39, 0.29) is 23.8 Å². The van der Waals surface area contributed by atoms with Crippen molar-refractivity contribution in [3.8, 4) is 6.07 Å². The molecular formula is C24H30FNO2. The van der Waals surface area contributed by atoms with E-state index in [9.17, 15) is 9.18 Å². The zero-order valence-corrected chi connectivity index (χ0v) is 16.5. The Hall–Kier alpha value is -2.15. The number of nitrogens with zero attached hydrogens (tertiary/aromatic N) is 1. The number of hydrogen-bond donors (Lipinski definition) is 0. The number of halogens is 1. The number of rotatable bonds is 6. The second-order valence-corrected chi connectivity index (χ2v) is 8.29. The van der Waals surface area contributed by atoms with Crippen molar-refractivity contribution >= 4 is 5.97 Å². The third kappa shape index (κ3) is 5.92. The van der Waals surface area contributed by atoms with Gasteiger partial charge in [0.2, 0.25) is 0 Å². The van der Waals surface area contributed by atoms with Crippen LogP contribution in [-0.4, -0.2) is 12.1 Å². The molecule has 0 bridgehead atoms. The smallest absolute Gasteiger partial charge is 0.309 e. The summed E-state index contributed by atoms with van der Waals surface area (Å²) >= 11 is 0. The van der Waals surface area contributed by atoms with Crippen LogP contribution in [0, 0.1) is 29.0 Å². The van der Waals surface area contributed by atoms with Gasteiger partial charge in [0.1, 0.15) is 11.9 Å². The number of hydrogen-bond acceptors (Lipinski definition) is 3. The van der Waals surface area contributed by atoms with E-state index in [0.717, 1.165) is 64.2 Å². The van der Waals surface area contributed by atoms with Gasteiger partial charge in [-0.15, -0.1) is 0 Å². The first-order valence-corrected chi connectivity index (χ1v) is 10.7. The number of nitriles is 1. The van der Waals surface area contributed by atoms with Crippen LogP contribution < -0.4 is 0 Å². The van der Waals surface area contributed by atoms with Gasteiger partial charge in [-0.3, -0.25) is 4.79 Å². The quantitative estimate of drug-likeness (QED) is 0.443. The van der Waals surface area contributed by atoms with Crippen molar-refractivity contribution < 1.29 is 13.9 Å². The summed E-state index contributed by atoms with van der Waals surface area (Å²) in [6, 6.07) is 8.80. The second-order valence-electron chi connectivity index (χ2n) is 8.29. The Morgan fingerprint density at radius 1 is 1.07 bits per heavy atom. The van der Waals surface area contributed by atoms with Crippen LogP contribution >= 0.6 is 0 Å². The SMILES string of the molecule is N#CC=CCC[C@H]1CC[C@H](OC(=O)[C@H]2CC[C@H](c3ccc(F)cc3)CC2)CC1. The summed E-state index contributed by atoms with van der Waals surface area (Å²) < 4.78 is 18.9. The molecule has 0 spiro atoms. The highest BCUT2D eigenvalue weighted by Crippen LogP contribution is 2.37. The molecule has 0 saturated heterocycles. The summed E-state index contributed by atoms with van der Waals surface area (Å²) in [5, 5.41) is 8.51. The first kappa shape index (κ1) is 20.6. The normalized spacial score (nSPS) is 28.0. The minimum Gasteiger partial charge on any atom is -0.462 e. The van der Waals surface area contributed by atoms with Gasteiger partial charge in [0.25, 0.3) is 0 Å². The molecule has 1 aromatic rings. The highest BCUT2D eigenvalue weighted by Gasteiger charge is 2.31. The van der Waals surface area contributed by atoms with Crippen LogP contribution in [0.2, 0.25) is 0 Å². The van der Waals surface area contributed by atoms with Gasteiger partial charge in [-0.05, 0) is 93.7 Å². The number of ether oxygens (including phenoxy) is 1. The summed E-state index contributed by atoms with van der Waals surface area (Å²) in [7, 11) is 0. The number of carbonyl (C=O) groups is 1. The fourth-order valence-corrected chi connectivity index (χ4v) is 4.66. The maximum absolute atomic E-state index is 13.1. The standard InChI is InChI=1S/C24H30FNO2/c25-22-13-11-20(12-14-22)19-7-9-21(10-8-19)24(27)28-23-15-5-18(6-16-23)4-2-1-3-17-26/h1,3,11-14,18-19,21,23H,2,4-10,15-16H2/t18-,19-,21-,23-. The molecule has 2 aliphatic rings. The first-order chi connectivity index (χ1) is 13.7. The van der Waals surface area contributed by atoms with Crippen molar-refractivity contribution in [1.29, 1.82) is 5.26 Å². The first-order valence-electron chi connectivity index (χ1n) is 10.7. The van der Waals surface area contributed by atoms with E-state index >= 15 is 0 Å². The average molecular weight is 384 g/mol. The van der Waals surface area contributed by atoms with Gasteiger partial charge in [0.05, 0.1) is 12.0 Å². The van der Waals surface area contributed by atoms with Crippen LogP contribution in [0.25, 0.3) is 0 Å². The van der Waals surface area contributed by atoms with Crippen molar-refractivity contribution in [2.75, 3.05) is 0 Å². The molecule has 1 aromatic carbocycles. The van der Waals surface area contributed by atoms with Gasteiger partial charge < -0.3 is 4.74 Å². The Morgan fingerprint density at radius 2 is 1.75 bits per heavy atom. The van der Waals surface area contributed by atoms with Crippen LogP contribution in [0.5, 0.6) is 0 Å². The Kier molecular flexibility index (Phi) is 7.65. The Morgan fingerprint density at radius 3 is 2.39 bits per heavy atom. The van der Waals surface area contributed by atoms with Crippen molar-refractivity contribution in [2.45, 2.75) is 76.2 Å². The van der Waals surface area contributed by atoms with E-state index < -0.39 is 0 Å². The van der Waals surface area contributed by atoms with E-state index in [0.29, 0.717) is 11.8 Å². The van der Waals surface area contributed by atoms with E-state index in [2.05, 4.69) is 0 Å². The predicted octanol–water partition coefficient (Wildman–Crippen LogP) is 6.06. The number of allylic oxidation sites excluding steroid dienone is 2. The molecule has 2 aliphatic carbocycles. The molecule has 0 atom stereocenters. The van der Waals surface area contributed by atoms with Gasteiger partial charge in [-0.1, -0.05) is 18.2 Å². The second kappa shape index (κ2) is 10.4. The van der Waals surface area contributed by atoms with E-state index in [4.69, 9.17) is 10.00 Å². The largest absolute Gasteiger partial charge is 0.462 e. The third-order valence-electron chi connectivity index (χ3n) is 6.41. The lowest BCUT2D eigenvalue weighted by molar-refractivity contribution is -0.157. The molecule has 3 rings (SSSR count). The number of benzene rings is 1. The Bertz CT molecular complexity index is 690. The van der Waals surface area contributed by atoms with Crippen LogP contribution in [0.3, 0.4) is 0 Å². The van der Waals surface area contributed by atoms with Crippen LogP contribution in [-0.2, 0) is 9.53 Å². The summed E-state index contributed by atoms with van der Waals surface area (Å²) in [5.74, 6) is 0.914. The van der Waals surface area contributed by atoms with Gasteiger partial charge in [-0.2, -0.15) is 5.26 Å². The molecular weight excluding hydrogens is 353 g/mol. The lowest BCUT2D eigenvalue weighted by atomic mass is 9.78. The average Bonchev–Trinajstić information content (AvgIpc) is 2.73. The molecule has 0 amide bonds. The monoisotopic (exact) mass is 383 g/mol. The molecule has 0 heterocycles. The highest BCUT2D eigenvalue weighted by atomic mass is 19.1. The van der Waals surface area contributed by atoms with Crippen LogP contribution in [0.1, 0.15) is 75.7 Å². The zero-order valence-electron chi connectivity index (χ0n) is 16.5. The molecule has 0 unspecified atom stereocenters. The number of carbonyl (C=O) groups excluding carboxylic acids is 1.